The highest BCUT2D eigenvalue weighted by Crippen LogP contribution is 2.12. The maximum Gasteiger partial charge on any atom is 0.234 e. The van der Waals surface area contributed by atoms with Crippen molar-refractivity contribution in [3.05, 3.63) is 35.1 Å². The second-order valence-corrected chi connectivity index (χ2v) is 4.47. The van der Waals surface area contributed by atoms with Crippen LogP contribution < -0.4 is 10.6 Å². The number of benzene rings is 1. The van der Waals surface area contributed by atoms with E-state index >= 15 is 0 Å². The molecule has 0 aliphatic heterocycles. The molecule has 1 aromatic carbocycles. The SMILES string of the molecule is CNCC(=O)NCc1ccc(F)c(CN(C)C)c1.Cl. The van der Waals surface area contributed by atoms with Crippen molar-refractivity contribution < 1.29 is 9.18 Å². The fourth-order valence-electron chi connectivity index (χ4n) is 1.62. The number of rotatable bonds is 6. The first-order valence-electron chi connectivity index (χ1n) is 5.86. The van der Waals surface area contributed by atoms with E-state index in [4.69, 9.17) is 0 Å². The van der Waals surface area contributed by atoms with Gasteiger partial charge in [-0.05, 0) is 38.8 Å². The molecule has 0 aliphatic rings. The lowest BCUT2D eigenvalue weighted by atomic mass is 10.1. The topological polar surface area (TPSA) is 44.4 Å². The van der Waals surface area contributed by atoms with Crippen LogP contribution in [0.3, 0.4) is 0 Å². The molecule has 0 spiro atoms. The minimum Gasteiger partial charge on any atom is -0.351 e. The van der Waals surface area contributed by atoms with Crippen LogP contribution in [-0.2, 0) is 17.9 Å². The highest BCUT2D eigenvalue weighted by molar-refractivity contribution is 5.85. The van der Waals surface area contributed by atoms with Crippen molar-refractivity contribution in [3.8, 4) is 0 Å². The number of carbonyl (C=O) groups is 1. The molecule has 0 saturated carbocycles. The van der Waals surface area contributed by atoms with Gasteiger partial charge in [-0.3, -0.25) is 4.79 Å². The van der Waals surface area contributed by atoms with Crippen LogP contribution in [0, 0.1) is 5.82 Å². The molecule has 0 saturated heterocycles. The van der Waals surface area contributed by atoms with Gasteiger partial charge in [0.15, 0.2) is 0 Å². The quantitative estimate of drug-likeness (QED) is 0.826. The van der Waals surface area contributed by atoms with E-state index in [1.54, 1.807) is 19.2 Å². The summed E-state index contributed by atoms with van der Waals surface area (Å²) < 4.78 is 13.5. The molecule has 1 amide bonds. The molecular weight excluding hydrogens is 269 g/mol. The predicted octanol–water partition coefficient (Wildman–Crippen LogP) is 1.14. The van der Waals surface area contributed by atoms with Crippen molar-refractivity contribution in [2.45, 2.75) is 13.1 Å². The van der Waals surface area contributed by atoms with Crippen LogP contribution in [0.4, 0.5) is 4.39 Å². The first kappa shape index (κ1) is 17.8. The monoisotopic (exact) mass is 289 g/mol. The summed E-state index contributed by atoms with van der Waals surface area (Å²) in [5.41, 5.74) is 1.54. The number of nitrogens with one attached hydrogen (secondary N) is 2. The Balaban J connectivity index is 0.00000324. The van der Waals surface area contributed by atoms with Crippen molar-refractivity contribution in [2.24, 2.45) is 0 Å². The van der Waals surface area contributed by atoms with Crippen LogP contribution in [0.25, 0.3) is 0 Å². The fraction of sp³-hybridized carbons (Fsp3) is 0.462. The lowest BCUT2D eigenvalue weighted by Gasteiger charge is -2.12. The van der Waals surface area contributed by atoms with E-state index in [1.807, 2.05) is 19.0 Å². The fourth-order valence-corrected chi connectivity index (χ4v) is 1.62. The molecule has 0 radical (unpaired) electrons. The first-order chi connectivity index (χ1) is 8.52. The third-order valence-electron chi connectivity index (χ3n) is 2.42. The van der Waals surface area contributed by atoms with Gasteiger partial charge in [-0.25, -0.2) is 4.39 Å². The van der Waals surface area contributed by atoms with Crippen molar-refractivity contribution in [3.63, 3.8) is 0 Å². The molecule has 2 N–H and O–H groups in total. The summed E-state index contributed by atoms with van der Waals surface area (Å²) >= 11 is 0. The zero-order valence-corrected chi connectivity index (χ0v) is 12.3. The predicted molar refractivity (Wildman–Crippen MR) is 76.8 cm³/mol. The maximum absolute atomic E-state index is 13.5. The Morgan fingerprint density at radius 2 is 2.05 bits per heavy atom. The number of halogens is 2. The minimum atomic E-state index is -0.214. The molecule has 0 aromatic heterocycles. The molecule has 0 bridgehead atoms. The van der Waals surface area contributed by atoms with Gasteiger partial charge in [0.1, 0.15) is 5.82 Å². The summed E-state index contributed by atoms with van der Waals surface area (Å²) in [5, 5.41) is 5.53. The number of amides is 1. The van der Waals surface area contributed by atoms with Crippen LogP contribution in [0.2, 0.25) is 0 Å². The first-order valence-corrected chi connectivity index (χ1v) is 5.86. The molecule has 0 atom stereocenters. The summed E-state index contributed by atoms with van der Waals surface area (Å²) in [5.74, 6) is -0.287. The summed E-state index contributed by atoms with van der Waals surface area (Å²) in [6.45, 7) is 1.25. The van der Waals surface area contributed by atoms with E-state index in [9.17, 15) is 9.18 Å². The van der Waals surface area contributed by atoms with Gasteiger partial charge < -0.3 is 15.5 Å². The van der Waals surface area contributed by atoms with Crippen LogP contribution >= 0.6 is 12.4 Å². The van der Waals surface area contributed by atoms with Gasteiger partial charge >= 0.3 is 0 Å². The Morgan fingerprint density at radius 3 is 2.63 bits per heavy atom. The van der Waals surface area contributed by atoms with Crippen LogP contribution in [-0.4, -0.2) is 38.5 Å². The molecule has 19 heavy (non-hydrogen) atoms. The van der Waals surface area contributed by atoms with Crippen molar-refractivity contribution in [2.75, 3.05) is 27.7 Å². The highest BCUT2D eigenvalue weighted by Gasteiger charge is 2.06. The Kier molecular flexibility index (Phi) is 8.30. The second-order valence-electron chi connectivity index (χ2n) is 4.47. The molecule has 1 rings (SSSR count). The number of hydrogen-bond acceptors (Lipinski definition) is 3. The van der Waals surface area contributed by atoms with Crippen molar-refractivity contribution >= 4 is 18.3 Å². The molecule has 4 nitrogen and oxygen atoms in total. The average molecular weight is 290 g/mol. The van der Waals surface area contributed by atoms with Crippen LogP contribution in [0.15, 0.2) is 18.2 Å². The van der Waals surface area contributed by atoms with Crippen molar-refractivity contribution in [1.82, 2.24) is 15.5 Å². The number of likely N-dealkylation sites (N-methyl/N-ethyl adjacent to an activating group) is 1. The van der Waals surface area contributed by atoms with E-state index in [0.29, 0.717) is 18.7 Å². The standard InChI is InChI=1S/C13H20FN3O.ClH/c1-15-8-13(18)16-7-10-4-5-12(14)11(6-10)9-17(2)3;/h4-6,15H,7-9H2,1-3H3,(H,16,18);1H. The zero-order valence-electron chi connectivity index (χ0n) is 11.5. The Morgan fingerprint density at radius 1 is 1.37 bits per heavy atom. The van der Waals surface area contributed by atoms with Crippen LogP contribution in [0.1, 0.15) is 11.1 Å². The van der Waals surface area contributed by atoms with E-state index in [-0.39, 0.29) is 30.7 Å². The van der Waals surface area contributed by atoms with Gasteiger partial charge in [0.05, 0.1) is 6.54 Å². The smallest absolute Gasteiger partial charge is 0.234 e. The Bertz CT molecular complexity index is 413. The zero-order chi connectivity index (χ0) is 13.5. The highest BCUT2D eigenvalue weighted by atomic mass is 35.5. The molecule has 0 fully saturated rings. The molecule has 0 aliphatic carbocycles. The van der Waals surface area contributed by atoms with Crippen LogP contribution in [0.5, 0.6) is 0 Å². The van der Waals surface area contributed by atoms with E-state index in [2.05, 4.69) is 10.6 Å². The minimum absolute atomic E-state index is 0. The Labute approximate surface area is 119 Å². The van der Waals surface area contributed by atoms with Gasteiger partial charge in [-0.15, -0.1) is 12.4 Å². The lowest BCUT2D eigenvalue weighted by molar-refractivity contribution is -0.120. The molecule has 1 aromatic rings. The Hall–Kier alpha value is -1.17. The summed E-state index contributed by atoms with van der Waals surface area (Å²) in [6, 6.07) is 4.92. The number of carbonyl (C=O) groups excluding carboxylic acids is 1. The number of nitrogens with zero attached hydrogens (tertiary/aromatic N) is 1. The van der Waals surface area contributed by atoms with E-state index in [1.165, 1.54) is 6.07 Å². The molecule has 6 heteroatoms. The number of hydrogen-bond donors (Lipinski definition) is 2. The summed E-state index contributed by atoms with van der Waals surface area (Å²) in [7, 11) is 5.49. The molecular formula is C13H21ClFN3O. The molecule has 0 heterocycles. The van der Waals surface area contributed by atoms with Gasteiger partial charge in [0.25, 0.3) is 0 Å². The average Bonchev–Trinajstić information content (AvgIpc) is 2.30. The largest absolute Gasteiger partial charge is 0.351 e. The van der Waals surface area contributed by atoms with Gasteiger partial charge in [0, 0.05) is 18.7 Å². The third-order valence-corrected chi connectivity index (χ3v) is 2.42. The van der Waals surface area contributed by atoms with Gasteiger partial charge in [-0.2, -0.15) is 0 Å². The summed E-state index contributed by atoms with van der Waals surface area (Å²) in [4.78, 5) is 13.2. The van der Waals surface area contributed by atoms with Crippen molar-refractivity contribution in [1.29, 1.82) is 0 Å². The maximum atomic E-state index is 13.5. The molecule has 0 unspecified atom stereocenters. The molecule has 108 valence electrons. The van der Waals surface area contributed by atoms with Gasteiger partial charge in [-0.1, -0.05) is 6.07 Å². The van der Waals surface area contributed by atoms with E-state index in [0.717, 1.165) is 5.56 Å². The van der Waals surface area contributed by atoms with Gasteiger partial charge in [0.2, 0.25) is 5.91 Å². The van der Waals surface area contributed by atoms with E-state index < -0.39 is 0 Å². The third kappa shape index (κ3) is 6.52. The lowest BCUT2D eigenvalue weighted by Crippen LogP contribution is -2.31. The normalized spacial score (nSPS) is 10.2. The summed E-state index contributed by atoms with van der Waals surface area (Å²) in [6.07, 6.45) is 0. The second kappa shape index (κ2) is 8.85.